The van der Waals surface area contributed by atoms with Crippen molar-refractivity contribution in [1.82, 2.24) is 0 Å². The third kappa shape index (κ3) is 8.74. The molecular weight excluding hydrogens is 236 g/mol. The lowest BCUT2D eigenvalue weighted by atomic mass is 10.3. The van der Waals surface area contributed by atoms with Crippen molar-refractivity contribution in [3.63, 3.8) is 0 Å². The molecule has 1 heterocycles. The predicted molar refractivity (Wildman–Crippen MR) is 69.6 cm³/mol. The highest BCUT2D eigenvalue weighted by Crippen LogP contribution is 2.16. The van der Waals surface area contributed by atoms with Crippen molar-refractivity contribution < 1.29 is 19.0 Å². The normalized spacial score (nSPS) is 22.6. The van der Waals surface area contributed by atoms with E-state index in [9.17, 15) is 0 Å². The molecule has 1 N–H and O–H groups in total. The fraction of sp³-hybridized carbons (Fsp3) is 1.00. The lowest BCUT2D eigenvalue weighted by Gasteiger charge is -2.20. The molecule has 5 heteroatoms. The van der Waals surface area contributed by atoms with Gasteiger partial charge >= 0.3 is 0 Å². The van der Waals surface area contributed by atoms with Crippen LogP contribution >= 0.6 is 0 Å². The van der Waals surface area contributed by atoms with Crippen LogP contribution in [0.5, 0.6) is 0 Å². The number of rotatable bonds is 9. The standard InChI is InChI=1S/C12H26O4Si/c1-12(13)15-9-8-14-6-2-4-10-17-11-5-3-7-16-17/h12-13,17H,2-11H2,1H3. The average molecular weight is 262 g/mol. The Kier molecular flexibility index (Phi) is 8.91. The first-order valence-corrected chi connectivity index (χ1v) is 8.88. The van der Waals surface area contributed by atoms with Crippen LogP contribution < -0.4 is 0 Å². The zero-order valence-corrected chi connectivity index (χ0v) is 12.1. The summed E-state index contributed by atoms with van der Waals surface area (Å²) in [6, 6.07) is 2.66. The largest absolute Gasteiger partial charge is 0.420 e. The summed E-state index contributed by atoms with van der Waals surface area (Å²) >= 11 is 0. The number of hydrogen-bond acceptors (Lipinski definition) is 4. The van der Waals surface area contributed by atoms with E-state index in [0.29, 0.717) is 13.2 Å². The minimum absolute atomic E-state index is 0.470. The van der Waals surface area contributed by atoms with Gasteiger partial charge in [-0.15, -0.1) is 0 Å². The Morgan fingerprint density at radius 1 is 1.24 bits per heavy atom. The number of aliphatic hydroxyl groups is 1. The van der Waals surface area contributed by atoms with E-state index in [-0.39, 0.29) is 0 Å². The minimum atomic E-state index is -0.818. The van der Waals surface area contributed by atoms with Gasteiger partial charge in [0.05, 0.1) is 13.2 Å². The zero-order chi connectivity index (χ0) is 12.3. The van der Waals surface area contributed by atoms with Crippen molar-refractivity contribution in [3.05, 3.63) is 0 Å². The van der Waals surface area contributed by atoms with E-state index in [4.69, 9.17) is 19.0 Å². The summed E-state index contributed by atoms with van der Waals surface area (Å²) in [6.45, 7) is 4.45. The second kappa shape index (κ2) is 10.0. The lowest BCUT2D eigenvalue weighted by Crippen LogP contribution is -2.22. The third-order valence-electron chi connectivity index (χ3n) is 2.93. The van der Waals surface area contributed by atoms with Crippen LogP contribution in [0.3, 0.4) is 0 Å². The second-order valence-electron chi connectivity index (χ2n) is 4.57. The van der Waals surface area contributed by atoms with Crippen molar-refractivity contribution >= 4 is 9.04 Å². The van der Waals surface area contributed by atoms with Crippen LogP contribution in [0.25, 0.3) is 0 Å². The van der Waals surface area contributed by atoms with E-state index in [2.05, 4.69) is 0 Å². The van der Waals surface area contributed by atoms with E-state index in [1.54, 1.807) is 6.92 Å². The van der Waals surface area contributed by atoms with Crippen LogP contribution in [0.15, 0.2) is 0 Å². The predicted octanol–water partition coefficient (Wildman–Crippen LogP) is 1.67. The summed E-state index contributed by atoms with van der Waals surface area (Å²) in [5.74, 6) is 0. The highest BCUT2D eigenvalue weighted by molar-refractivity contribution is 6.51. The van der Waals surface area contributed by atoms with Crippen LogP contribution in [-0.2, 0) is 13.9 Å². The van der Waals surface area contributed by atoms with Gasteiger partial charge in [0.2, 0.25) is 0 Å². The number of unbranched alkanes of at least 4 members (excludes halogenated alkanes) is 1. The van der Waals surface area contributed by atoms with Gasteiger partial charge in [-0.05, 0) is 31.9 Å². The molecule has 102 valence electrons. The third-order valence-corrected chi connectivity index (χ3v) is 5.74. The molecule has 0 aromatic rings. The monoisotopic (exact) mass is 262 g/mol. The molecule has 0 saturated carbocycles. The number of ether oxygens (including phenoxy) is 2. The quantitative estimate of drug-likeness (QED) is 0.390. The molecule has 0 radical (unpaired) electrons. The molecule has 2 unspecified atom stereocenters. The number of aliphatic hydroxyl groups excluding tert-OH is 1. The highest BCUT2D eigenvalue weighted by Gasteiger charge is 2.14. The summed E-state index contributed by atoms with van der Waals surface area (Å²) in [5.41, 5.74) is 0. The summed E-state index contributed by atoms with van der Waals surface area (Å²) < 4.78 is 16.2. The molecule has 0 aliphatic carbocycles. The van der Waals surface area contributed by atoms with E-state index in [1.807, 2.05) is 0 Å². The first-order chi connectivity index (χ1) is 8.29. The molecular formula is C12H26O4Si. The van der Waals surface area contributed by atoms with Crippen LogP contribution in [0, 0.1) is 0 Å². The van der Waals surface area contributed by atoms with Gasteiger partial charge in [-0.25, -0.2) is 0 Å². The van der Waals surface area contributed by atoms with Gasteiger partial charge in [0.25, 0.3) is 0 Å². The van der Waals surface area contributed by atoms with Gasteiger partial charge in [0.15, 0.2) is 15.3 Å². The molecule has 0 amide bonds. The first kappa shape index (κ1) is 15.1. The van der Waals surface area contributed by atoms with Gasteiger partial charge in [-0.2, -0.15) is 0 Å². The second-order valence-corrected chi connectivity index (χ2v) is 7.30. The van der Waals surface area contributed by atoms with Gasteiger partial charge in [-0.3, -0.25) is 0 Å². The minimum Gasteiger partial charge on any atom is -0.420 e. The molecule has 1 rings (SSSR count). The van der Waals surface area contributed by atoms with Crippen molar-refractivity contribution in [1.29, 1.82) is 0 Å². The Bertz CT molecular complexity index is 172. The van der Waals surface area contributed by atoms with Crippen LogP contribution in [-0.4, -0.2) is 46.9 Å². The summed E-state index contributed by atoms with van der Waals surface area (Å²) in [6.07, 6.45) is 4.29. The Morgan fingerprint density at radius 2 is 2.12 bits per heavy atom. The van der Waals surface area contributed by atoms with Gasteiger partial charge in [0.1, 0.15) is 0 Å². The molecule has 1 aliphatic heterocycles. The smallest absolute Gasteiger partial charge is 0.176 e. The Labute approximate surface area is 106 Å². The number of hydrogen-bond donors (Lipinski definition) is 1. The van der Waals surface area contributed by atoms with Crippen molar-refractivity contribution in [3.8, 4) is 0 Å². The van der Waals surface area contributed by atoms with Crippen LogP contribution in [0.1, 0.15) is 32.6 Å². The topological polar surface area (TPSA) is 47.9 Å². The van der Waals surface area contributed by atoms with Crippen LogP contribution in [0.2, 0.25) is 12.1 Å². The van der Waals surface area contributed by atoms with Gasteiger partial charge in [0, 0.05) is 13.2 Å². The molecule has 0 aromatic heterocycles. The van der Waals surface area contributed by atoms with E-state index >= 15 is 0 Å². The molecule has 17 heavy (non-hydrogen) atoms. The van der Waals surface area contributed by atoms with Gasteiger partial charge < -0.3 is 19.0 Å². The fourth-order valence-corrected chi connectivity index (χ4v) is 4.60. The summed E-state index contributed by atoms with van der Waals surface area (Å²) in [5, 5.41) is 8.85. The molecule has 1 saturated heterocycles. The zero-order valence-electron chi connectivity index (χ0n) is 10.9. The Hall–Kier alpha value is 0.0569. The maximum Gasteiger partial charge on any atom is 0.176 e. The van der Waals surface area contributed by atoms with Crippen molar-refractivity contribution in [2.24, 2.45) is 0 Å². The first-order valence-electron chi connectivity index (χ1n) is 6.78. The van der Waals surface area contributed by atoms with Crippen molar-refractivity contribution in [2.75, 3.05) is 26.4 Å². The summed E-state index contributed by atoms with van der Waals surface area (Å²) in [4.78, 5) is 0. The molecule has 0 bridgehead atoms. The molecule has 1 fully saturated rings. The SMILES string of the molecule is CC(O)OCCOCCCC[SiH]1CCCCO1. The molecule has 2 atom stereocenters. The Morgan fingerprint density at radius 3 is 2.82 bits per heavy atom. The molecule has 0 aromatic carbocycles. The van der Waals surface area contributed by atoms with E-state index in [1.165, 1.54) is 31.4 Å². The maximum absolute atomic E-state index is 8.85. The average Bonchev–Trinajstić information content (AvgIpc) is 2.33. The summed E-state index contributed by atoms with van der Waals surface area (Å²) in [7, 11) is -0.818. The fourth-order valence-electron chi connectivity index (χ4n) is 1.99. The van der Waals surface area contributed by atoms with Crippen LogP contribution in [0.4, 0.5) is 0 Å². The van der Waals surface area contributed by atoms with Crippen molar-refractivity contribution in [2.45, 2.75) is 51.0 Å². The van der Waals surface area contributed by atoms with E-state index < -0.39 is 15.3 Å². The maximum atomic E-state index is 8.85. The molecule has 0 spiro atoms. The van der Waals surface area contributed by atoms with Gasteiger partial charge in [-0.1, -0.05) is 12.8 Å². The van der Waals surface area contributed by atoms with E-state index in [0.717, 1.165) is 19.6 Å². The highest BCUT2D eigenvalue weighted by atomic mass is 28.3. The molecule has 1 aliphatic rings. The Balaban J connectivity index is 1.78. The molecule has 4 nitrogen and oxygen atoms in total. The lowest BCUT2D eigenvalue weighted by molar-refractivity contribution is -0.0994.